The van der Waals surface area contributed by atoms with Crippen molar-refractivity contribution in [3.63, 3.8) is 0 Å². The molecule has 4 N–H and O–H groups in total. The minimum absolute atomic E-state index is 0.257. The number of ketones is 1. The third kappa shape index (κ3) is 3.13. The van der Waals surface area contributed by atoms with Crippen molar-refractivity contribution in [1.82, 2.24) is 4.98 Å². The third-order valence-electron chi connectivity index (χ3n) is 4.42. The molecule has 4 heteroatoms. The lowest BCUT2D eigenvalue weighted by Gasteiger charge is -2.37. The molecular formula is C15H23N3O. The van der Waals surface area contributed by atoms with Crippen molar-refractivity contribution in [2.45, 2.75) is 39.0 Å². The number of nitrogens with zero attached hydrogens (tertiary/aromatic N) is 1. The maximum absolute atomic E-state index is 12.6. The fraction of sp³-hybridized carbons (Fsp3) is 0.600. The highest BCUT2D eigenvalue weighted by molar-refractivity contribution is 5.87. The lowest BCUT2D eigenvalue weighted by atomic mass is 9.67. The second-order valence-electron chi connectivity index (χ2n) is 5.86. The van der Waals surface area contributed by atoms with E-state index in [0.29, 0.717) is 24.7 Å². The summed E-state index contributed by atoms with van der Waals surface area (Å²) in [5, 5.41) is 0. The van der Waals surface area contributed by atoms with Crippen LogP contribution in [-0.2, 0) is 11.2 Å². The summed E-state index contributed by atoms with van der Waals surface area (Å²) >= 11 is 0. The van der Waals surface area contributed by atoms with Crippen molar-refractivity contribution in [3.8, 4) is 0 Å². The van der Waals surface area contributed by atoms with Crippen LogP contribution in [0.1, 0.15) is 38.2 Å². The molecule has 104 valence electrons. The molecule has 0 spiro atoms. The van der Waals surface area contributed by atoms with Crippen LogP contribution in [0, 0.1) is 11.3 Å². The first kappa shape index (κ1) is 14.0. The molecule has 19 heavy (non-hydrogen) atoms. The molecule has 1 aliphatic rings. The Morgan fingerprint density at radius 2 is 2.16 bits per heavy atom. The molecular weight excluding hydrogens is 238 g/mol. The molecule has 0 unspecified atom stereocenters. The van der Waals surface area contributed by atoms with Gasteiger partial charge in [-0.3, -0.25) is 4.79 Å². The van der Waals surface area contributed by atoms with E-state index in [2.05, 4.69) is 11.9 Å². The number of nitrogens with two attached hydrogens (primary N) is 2. The van der Waals surface area contributed by atoms with Gasteiger partial charge in [-0.15, -0.1) is 0 Å². The monoisotopic (exact) mass is 261 g/mol. The van der Waals surface area contributed by atoms with E-state index in [9.17, 15) is 4.79 Å². The lowest BCUT2D eigenvalue weighted by molar-refractivity contribution is -0.129. The van der Waals surface area contributed by atoms with E-state index in [1.165, 1.54) is 0 Å². The molecule has 1 aliphatic carbocycles. The van der Waals surface area contributed by atoms with Gasteiger partial charge in [0.05, 0.1) is 0 Å². The van der Waals surface area contributed by atoms with Gasteiger partial charge in [0.25, 0.3) is 0 Å². The predicted octanol–water partition coefficient (Wildman–Crippen LogP) is 1.93. The van der Waals surface area contributed by atoms with Gasteiger partial charge in [0.1, 0.15) is 11.6 Å². The number of rotatable bonds is 4. The fourth-order valence-electron chi connectivity index (χ4n) is 2.89. The van der Waals surface area contributed by atoms with Crippen LogP contribution in [0.2, 0.25) is 0 Å². The summed E-state index contributed by atoms with van der Waals surface area (Å²) in [6.07, 6.45) is 6.10. The Bertz CT molecular complexity index is 450. The number of Topliss-reactive ketones (excluding diaryl/α,β-unsaturated/α-hetero) is 1. The third-order valence-corrected chi connectivity index (χ3v) is 4.42. The van der Waals surface area contributed by atoms with Gasteiger partial charge in [-0.05, 0) is 49.3 Å². The van der Waals surface area contributed by atoms with E-state index in [4.69, 9.17) is 11.5 Å². The van der Waals surface area contributed by atoms with E-state index in [0.717, 1.165) is 31.2 Å². The Labute approximate surface area is 114 Å². The Morgan fingerprint density at radius 3 is 2.74 bits per heavy atom. The second-order valence-corrected chi connectivity index (χ2v) is 5.86. The highest BCUT2D eigenvalue weighted by atomic mass is 16.1. The molecule has 0 bridgehead atoms. The van der Waals surface area contributed by atoms with Crippen molar-refractivity contribution >= 4 is 11.6 Å². The Hall–Kier alpha value is -1.42. The number of carbonyl (C=O) groups is 1. The first-order valence-electron chi connectivity index (χ1n) is 6.99. The molecule has 0 amide bonds. The van der Waals surface area contributed by atoms with Crippen molar-refractivity contribution < 1.29 is 4.79 Å². The highest BCUT2D eigenvalue weighted by Gasteiger charge is 2.39. The van der Waals surface area contributed by atoms with Gasteiger partial charge in [-0.25, -0.2) is 4.98 Å². The molecule has 1 saturated carbocycles. The predicted molar refractivity (Wildman–Crippen MR) is 76.5 cm³/mol. The second kappa shape index (κ2) is 5.70. The van der Waals surface area contributed by atoms with Crippen LogP contribution in [0.3, 0.4) is 0 Å². The number of anilines is 1. The first-order valence-corrected chi connectivity index (χ1v) is 6.99. The van der Waals surface area contributed by atoms with Gasteiger partial charge < -0.3 is 11.5 Å². The van der Waals surface area contributed by atoms with Crippen LogP contribution in [0.25, 0.3) is 0 Å². The average Bonchev–Trinajstić information content (AvgIpc) is 2.40. The van der Waals surface area contributed by atoms with Gasteiger partial charge in [-0.1, -0.05) is 6.92 Å². The number of nitrogen functional groups attached to an aromatic ring is 1. The summed E-state index contributed by atoms with van der Waals surface area (Å²) in [4.78, 5) is 16.5. The van der Waals surface area contributed by atoms with Crippen LogP contribution in [-0.4, -0.2) is 17.3 Å². The van der Waals surface area contributed by atoms with Gasteiger partial charge in [0.2, 0.25) is 0 Å². The van der Waals surface area contributed by atoms with Crippen LogP contribution in [0.5, 0.6) is 0 Å². The van der Waals surface area contributed by atoms with Crippen LogP contribution in [0.15, 0.2) is 18.3 Å². The number of hydrogen-bond acceptors (Lipinski definition) is 4. The summed E-state index contributed by atoms with van der Waals surface area (Å²) in [5.74, 6) is 1.43. The van der Waals surface area contributed by atoms with Crippen molar-refractivity contribution in [1.29, 1.82) is 0 Å². The van der Waals surface area contributed by atoms with Gasteiger partial charge >= 0.3 is 0 Å². The SMILES string of the molecule is CC1CCC(CN)(C(=O)Cc2ccnc(N)c2)CC1. The summed E-state index contributed by atoms with van der Waals surface area (Å²) < 4.78 is 0. The van der Waals surface area contributed by atoms with E-state index in [1.807, 2.05) is 6.07 Å². The van der Waals surface area contributed by atoms with Crippen LogP contribution < -0.4 is 11.5 Å². The van der Waals surface area contributed by atoms with Crippen molar-refractivity contribution in [3.05, 3.63) is 23.9 Å². The van der Waals surface area contributed by atoms with Crippen LogP contribution >= 0.6 is 0 Å². The number of pyridine rings is 1. The number of aromatic nitrogens is 1. The van der Waals surface area contributed by atoms with E-state index in [-0.39, 0.29) is 11.2 Å². The van der Waals surface area contributed by atoms with E-state index in [1.54, 1.807) is 12.3 Å². The Morgan fingerprint density at radius 1 is 1.47 bits per heavy atom. The molecule has 0 radical (unpaired) electrons. The van der Waals surface area contributed by atoms with E-state index >= 15 is 0 Å². The largest absolute Gasteiger partial charge is 0.384 e. The van der Waals surface area contributed by atoms with Crippen molar-refractivity contribution in [2.24, 2.45) is 17.1 Å². The number of carbonyl (C=O) groups excluding carboxylic acids is 1. The molecule has 2 rings (SSSR count). The zero-order chi connectivity index (χ0) is 13.9. The molecule has 1 aromatic rings. The maximum Gasteiger partial charge on any atom is 0.144 e. The van der Waals surface area contributed by atoms with Gasteiger partial charge in [0, 0.05) is 24.6 Å². The molecule has 1 aromatic heterocycles. The van der Waals surface area contributed by atoms with Gasteiger partial charge in [-0.2, -0.15) is 0 Å². The molecule has 1 fully saturated rings. The maximum atomic E-state index is 12.6. The van der Waals surface area contributed by atoms with Crippen LogP contribution in [0.4, 0.5) is 5.82 Å². The zero-order valence-corrected chi connectivity index (χ0v) is 11.6. The summed E-state index contributed by atoms with van der Waals surface area (Å²) in [5.41, 5.74) is 12.2. The molecule has 0 saturated heterocycles. The summed E-state index contributed by atoms with van der Waals surface area (Å²) in [6.45, 7) is 2.70. The van der Waals surface area contributed by atoms with Crippen molar-refractivity contribution in [2.75, 3.05) is 12.3 Å². The zero-order valence-electron chi connectivity index (χ0n) is 11.6. The molecule has 1 heterocycles. The standard InChI is InChI=1S/C15H23N3O/c1-11-2-5-15(10-16,6-3-11)13(19)8-12-4-7-18-14(17)9-12/h4,7,9,11H,2-3,5-6,8,10,16H2,1H3,(H2,17,18). The minimum atomic E-state index is -0.315. The summed E-state index contributed by atoms with van der Waals surface area (Å²) in [7, 11) is 0. The molecule has 0 aliphatic heterocycles. The van der Waals surface area contributed by atoms with Gasteiger partial charge in [0.15, 0.2) is 0 Å². The minimum Gasteiger partial charge on any atom is -0.384 e. The molecule has 0 aromatic carbocycles. The highest BCUT2D eigenvalue weighted by Crippen LogP contribution is 2.39. The topological polar surface area (TPSA) is 82.0 Å². The Kier molecular flexibility index (Phi) is 4.20. The summed E-state index contributed by atoms with van der Waals surface area (Å²) in [6, 6.07) is 3.62. The lowest BCUT2D eigenvalue weighted by Crippen LogP contribution is -2.42. The Balaban J connectivity index is 2.09. The van der Waals surface area contributed by atoms with E-state index < -0.39 is 0 Å². The normalized spacial score (nSPS) is 27.2. The molecule has 0 atom stereocenters. The molecule has 4 nitrogen and oxygen atoms in total. The first-order chi connectivity index (χ1) is 9.05. The average molecular weight is 261 g/mol. The number of hydrogen-bond donors (Lipinski definition) is 2. The fourth-order valence-corrected chi connectivity index (χ4v) is 2.89. The smallest absolute Gasteiger partial charge is 0.144 e. The quantitative estimate of drug-likeness (QED) is 0.867.